The SMILES string of the molecule is CC(C)(C)NCCN1CCN(c2ccc(Cl)cc2)CC1. The second kappa shape index (κ2) is 6.79. The lowest BCUT2D eigenvalue weighted by Crippen LogP contribution is -2.49. The van der Waals surface area contributed by atoms with Crippen LogP contribution in [0.5, 0.6) is 0 Å². The van der Waals surface area contributed by atoms with E-state index in [-0.39, 0.29) is 5.54 Å². The number of nitrogens with zero attached hydrogens (tertiary/aromatic N) is 2. The number of benzene rings is 1. The van der Waals surface area contributed by atoms with Crippen LogP contribution in [0.3, 0.4) is 0 Å². The van der Waals surface area contributed by atoms with Gasteiger partial charge < -0.3 is 10.2 Å². The minimum Gasteiger partial charge on any atom is -0.369 e. The topological polar surface area (TPSA) is 18.5 Å². The van der Waals surface area contributed by atoms with Gasteiger partial charge in [-0.15, -0.1) is 0 Å². The van der Waals surface area contributed by atoms with E-state index in [1.54, 1.807) is 0 Å². The first kappa shape index (κ1) is 15.6. The summed E-state index contributed by atoms with van der Waals surface area (Å²) in [5.74, 6) is 0. The van der Waals surface area contributed by atoms with Crippen molar-refractivity contribution in [2.75, 3.05) is 44.2 Å². The molecule has 0 saturated carbocycles. The maximum atomic E-state index is 5.93. The molecule has 0 amide bonds. The van der Waals surface area contributed by atoms with E-state index in [1.165, 1.54) is 5.69 Å². The lowest BCUT2D eigenvalue weighted by atomic mass is 10.1. The van der Waals surface area contributed by atoms with Crippen molar-refractivity contribution in [3.8, 4) is 0 Å². The molecule has 1 saturated heterocycles. The fourth-order valence-corrected chi connectivity index (χ4v) is 2.60. The van der Waals surface area contributed by atoms with Gasteiger partial charge in [-0.2, -0.15) is 0 Å². The van der Waals surface area contributed by atoms with Crippen LogP contribution in [0.15, 0.2) is 24.3 Å². The number of hydrogen-bond acceptors (Lipinski definition) is 3. The zero-order valence-corrected chi connectivity index (χ0v) is 13.6. The Morgan fingerprint density at radius 3 is 2.20 bits per heavy atom. The highest BCUT2D eigenvalue weighted by Gasteiger charge is 2.17. The Morgan fingerprint density at radius 1 is 1.05 bits per heavy atom. The maximum Gasteiger partial charge on any atom is 0.0407 e. The maximum absolute atomic E-state index is 5.93. The fraction of sp³-hybridized carbons (Fsp3) is 0.625. The van der Waals surface area contributed by atoms with Gasteiger partial charge in [0.05, 0.1) is 0 Å². The van der Waals surface area contributed by atoms with E-state index in [0.717, 1.165) is 44.3 Å². The van der Waals surface area contributed by atoms with Crippen LogP contribution in [0.4, 0.5) is 5.69 Å². The summed E-state index contributed by atoms with van der Waals surface area (Å²) in [7, 11) is 0. The molecule has 0 radical (unpaired) electrons. The molecule has 3 nitrogen and oxygen atoms in total. The average Bonchev–Trinajstić information content (AvgIpc) is 2.39. The number of hydrogen-bond donors (Lipinski definition) is 1. The smallest absolute Gasteiger partial charge is 0.0407 e. The average molecular weight is 296 g/mol. The van der Waals surface area contributed by atoms with Gasteiger partial charge >= 0.3 is 0 Å². The number of piperazine rings is 1. The van der Waals surface area contributed by atoms with E-state index < -0.39 is 0 Å². The van der Waals surface area contributed by atoms with Crippen LogP contribution < -0.4 is 10.2 Å². The Bertz CT molecular complexity index is 403. The van der Waals surface area contributed by atoms with Crippen molar-refractivity contribution in [3.63, 3.8) is 0 Å². The molecular formula is C16H26ClN3. The fourth-order valence-electron chi connectivity index (χ4n) is 2.47. The first-order valence-electron chi connectivity index (χ1n) is 7.42. The van der Waals surface area contributed by atoms with Gasteiger partial charge in [0.2, 0.25) is 0 Å². The molecule has 112 valence electrons. The van der Waals surface area contributed by atoms with Gasteiger partial charge in [-0.1, -0.05) is 11.6 Å². The van der Waals surface area contributed by atoms with Gasteiger partial charge in [-0.25, -0.2) is 0 Å². The predicted octanol–water partition coefficient (Wildman–Crippen LogP) is 2.85. The Hall–Kier alpha value is -0.770. The molecule has 0 bridgehead atoms. The van der Waals surface area contributed by atoms with Crippen LogP contribution in [0, 0.1) is 0 Å². The summed E-state index contributed by atoms with van der Waals surface area (Å²) >= 11 is 5.93. The van der Waals surface area contributed by atoms with Gasteiger partial charge in [0.15, 0.2) is 0 Å². The van der Waals surface area contributed by atoms with Gasteiger partial charge in [0, 0.05) is 55.5 Å². The van der Waals surface area contributed by atoms with Crippen LogP contribution in [0.2, 0.25) is 5.02 Å². The molecule has 1 aromatic rings. The van der Waals surface area contributed by atoms with Crippen LogP contribution >= 0.6 is 11.6 Å². The highest BCUT2D eigenvalue weighted by Crippen LogP contribution is 2.19. The van der Waals surface area contributed by atoms with Crippen molar-refractivity contribution >= 4 is 17.3 Å². The van der Waals surface area contributed by atoms with Crippen molar-refractivity contribution in [2.24, 2.45) is 0 Å². The first-order valence-corrected chi connectivity index (χ1v) is 7.80. The van der Waals surface area contributed by atoms with Gasteiger partial charge in [-0.3, -0.25) is 4.90 Å². The van der Waals surface area contributed by atoms with Crippen LogP contribution in [-0.4, -0.2) is 49.7 Å². The summed E-state index contributed by atoms with van der Waals surface area (Å²) in [5.41, 5.74) is 1.49. The van der Waals surface area contributed by atoms with Crippen molar-refractivity contribution < 1.29 is 0 Å². The molecule has 4 heteroatoms. The number of nitrogens with one attached hydrogen (secondary N) is 1. The molecule has 0 spiro atoms. The summed E-state index contributed by atoms with van der Waals surface area (Å²) in [6.07, 6.45) is 0. The van der Waals surface area contributed by atoms with Crippen LogP contribution in [-0.2, 0) is 0 Å². The third kappa shape index (κ3) is 4.97. The summed E-state index contributed by atoms with van der Waals surface area (Å²) in [4.78, 5) is 4.97. The molecule has 1 fully saturated rings. The minimum absolute atomic E-state index is 0.213. The van der Waals surface area contributed by atoms with Crippen molar-refractivity contribution in [1.82, 2.24) is 10.2 Å². The summed E-state index contributed by atoms with van der Waals surface area (Å²) in [6.45, 7) is 13.3. The highest BCUT2D eigenvalue weighted by molar-refractivity contribution is 6.30. The molecule has 20 heavy (non-hydrogen) atoms. The minimum atomic E-state index is 0.213. The summed E-state index contributed by atoms with van der Waals surface area (Å²) in [6, 6.07) is 8.16. The van der Waals surface area contributed by atoms with E-state index >= 15 is 0 Å². The lowest BCUT2D eigenvalue weighted by molar-refractivity contribution is 0.248. The summed E-state index contributed by atoms with van der Waals surface area (Å²) < 4.78 is 0. The van der Waals surface area contributed by atoms with Crippen LogP contribution in [0.1, 0.15) is 20.8 Å². The first-order chi connectivity index (χ1) is 9.44. The van der Waals surface area contributed by atoms with Crippen molar-refractivity contribution in [2.45, 2.75) is 26.3 Å². The van der Waals surface area contributed by atoms with E-state index in [1.807, 2.05) is 12.1 Å². The molecule has 1 aromatic carbocycles. The van der Waals surface area contributed by atoms with Gasteiger partial charge in [0.25, 0.3) is 0 Å². The molecule has 0 aromatic heterocycles. The molecule has 0 atom stereocenters. The third-order valence-corrected chi connectivity index (χ3v) is 3.90. The Morgan fingerprint density at radius 2 is 1.65 bits per heavy atom. The van der Waals surface area contributed by atoms with Gasteiger partial charge in [0.1, 0.15) is 0 Å². The normalized spacial score (nSPS) is 17.5. The lowest BCUT2D eigenvalue weighted by Gasteiger charge is -2.36. The van der Waals surface area contributed by atoms with E-state index in [0.29, 0.717) is 0 Å². The zero-order chi connectivity index (χ0) is 14.6. The molecule has 1 N–H and O–H groups in total. The van der Waals surface area contributed by atoms with Crippen molar-refractivity contribution in [3.05, 3.63) is 29.3 Å². The van der Waals surface area contributed by atoms with E-state index in [2.05, 4.69) is 48.0 Å². The molecule has 1 heterocycles. The van der Waals surface area contributed by atoms with E-state index in [4.69, 9.17) is 11.6 Å². The quantitative estimate of drug-likeness (QED) is 0.921. The largest absolute Gasteiger partial charge is 0.369 e. The zero-order valence-electron chi connectivity index (χ0n) is 12.8. The van der Waals surface area contributed by atoms with Crippen LogP contribution in [0.25, 0.3) is 0 Å². The Balaban J connectivity index is 1.74. The summed E-state index contributed by atoms with van der Waals surface area (Å²) in [5, 5.41) is 4.35. The second-order valence-corrected chi connectivity index (χ2v) is 6.92. The molecule has 0 aliphatic carbocycles. The Kier molecular flexibility index (Phi) is 5.30. The van der Waals surface area contributed by atoms with E-state index in [9.17, 15) is 0 Å². The molecular weight excluding hydrogens is 270 g/mol. The number of halogens is 1. The molecule has 1 aliphatic rings. The number of anilines is 1. The second-order valence-electron chi connectivity index (χ2n) is 6.48. The molecule has 0 unspecified atom stereocenters. The third-order valence-electron chi connectivity index (χ3n) is 3.65. The predicted molar refractivity (Wildman–Crippen MR) is 87.9 cm³/mol. The standard InChI is InChI=1S/C16H26ClN3/c1-16(2,3)18-8-9-19-10-12-20(13-11-19)15-6-4-14(17)5-7-15/h4-7,18H,8-13H2,1-3H3. The monoisotopic (exact) mass is 295 g/mol. The number of rotatable bonds is 4. The molecule has 2 rings (SSSR count). The highest BCUT2D eigenvalue weighted by atomic mass is 35.5. The van der Waals surface area contributed by atoms with Crippen molar-refractivity contribution in [1.29, 1.82) is 0 Å². The Labute approximate surface area is 127 Å². The molecule has 1 aliphatic heterocycles. The van der Waals surface area contributed by atoms with Gasteiger partial charge in [-0.05, 0) is 45.0 Å².